The minimum Gasteiger partial charge on any atom is -0.348 e. The van der Waals surface area contributed by atoms with Gasteiger partial charge in [-0.2, -0.15) is 9.78 Å². The number of aromatic amines is 1. The Kier molecular flexibility index (Phi) is 6.26. The zero-order valence-electron chi connectivity index (χ0n) is 15.4. The van der Waals surface area contributed by atoms with Gasteiger partial charge < -0.3 is 10.6 Å². The largest absolute Gasteiger partial charge is 0.348 e. The lowest BCUT2D eigenvalue weighted by Gasteiger charge is -2.09. The van der Waals surface area contributed by atoms with Crippen LogP contribution in [0.15, 0.2) is 16.9 Å². The molecule has 26 heavy (non-hydrogen) atoms. The van der Waals surface area contributed by atoms with E-state index in [2.05, 4.69) is 25.7 Å². The summed E-state index contributed by atoms with van der Waals surface area (Å²) in [5.41, 5.74) is 0.884. The molecule has 2 heterocycles. The van der Waals surface area contributed by atoms with Crippen molar-refractivity contribution < 1.29 is 9.59 Å². The highest BCUT2D eigenvalue weighted by Crippen LogP contribution is 2.14. The van der Waals surface area contributed by atoms with E-state index >= 15 is 0 Å². The van der Waals surface area contributed by atoms with Gasteiger partial charge in [-0.15, -0.1) is 0 Å². The van der Waals surface area contributed by atoms with Crippen molar-refractivity contribution in [3.8, 4) is 5.95 Å². The molecule has 3 N–H and O–H groups in total. The number of nitrogens with zero attached hydrogens (tertiary/aromatic N) is 3. The van der Waals surface area contributed by atoms with Crippen molar-refractivity contribution in [3.05, 3.63) is 33.9 Å². The van der Waals surface area contributed by atoms with E-state index in [9.17, 15) is 14.4 Å². The third-order valence-corrected chi connectivity index (χ3v) is 3.63. The van der Waals surface area contributed by atoms with Crippen LogP contribution in [0.1, 0.15) is 38.6 Å². The monoisotopic (exact) mass is 360 g/mol. The van der Waals surface area contributed by atoms with Crippen LogP contribution in [0, 0.1) is 12.8 Å². The first kappa shape index (κ1) is 19.4. The summed E-state index contributed by atoms with van der Waals surface area (Å²) in [6.45, 7) is 8.11. The van der Waals surface area contributed by atoms with Gasteiger partial charge in [0.25, 0.3) is 5.56 Å². The van der Waals surface area contributed by atoms with Crippen molar-refractivity contribution in [3.63, 3.8) is 0 Å². The molecule has 2 aromatic rings. The van der Waals surface area contributed by atoms with Crippen molar-refractivity contribution in [1.29, 1.82) is 0 Å². The van der Waals surface area contributed by atoms with Crippen LogP contribution in [0.4, 0.5) is 5.82 Å². The Morgan fingerprint density at radius 3 is 2.65 bits per heavy atom. The van der Waals surface area contributed by atoms with Gasteiger partial charge in [0.05, 0.1) is 5.69 Å². The fraction of sp³-hybridized carbons (Fsp3) is 0.471. The van der Waals surface area contributed by atoms with Crippen molar-refractivity contribution in [2.24, 2.45) is 5.92 Å². The molecule has 9 nitrogen and oxygen atoms in total. The zero-order valence-corrected chi connectivity index (χ0v) is 15.4. The molecule has 0 saturated carbocycles. The van der Waals surface area contributed by atoms with Crippen LogP contribution in [0.3, 0.4) is 0 Å². The molecule has 9 heteroatoms. The molecule has 0 saturated heterocycles. The van der Waals surface area contributed by atoms with Crippen molar-refractivity contribution in [2.75, 3.05) is 11.9 Å². The van der Waals surface area contributed by atoms with Crippen molar-refractivity contribution in [1.82, 2.24) is 25.1 Å². The standard InChI is InChI=1S/C17H24N6O3/c1-5-12-9-14(24)21-17(19-12)23-13(8-11(4)22-23)20-16(26)15(25)18-7-6-10(2)3/h8-10H,5-7H2,1-4H3,(H,18,25)(H,20,26)(H,19,21,24). The van der Waals surface area contributed by atoms with Gasteiger partial charge in [0.15, 0.2) is 0 Å². The van der Waals surface area contributed by atoms with E-state index in [1.165, 1.54) is 10.7 Å². The van der Waals surface area contributed by atoms with E-state index < -0.39 is 11.8 Å². The molecule has 2 aromatic heterocycles. The number of rotatable bonds is 6. The van der Waals surface area contributed by atoms with Crippen LogP contribution in [0.2, 0.25) is 0 Å². The first-order valence-electron chi connectivity index (χ1n) is 8.56. The van der Waals surface area contributed by atoms with Gasteiger partial charge in [0.1, 0.15) is 5.82 Å². The minimum absolute atomic E-state index is 0.179. The van der Waals surface area contributed by atoms with Crippen LogP contribution in [-0.4, -0.2) is 38.1 Å². The predicted octanol–water partition coefficient (Wildman–Crippen LogP) is 0.927. The highest BCUT2D eigenvalue weighted by atomic mass is 16.2. The first-order chi connectivity index (χ1) is 12.3. The predicted molar refractivity (Wildman–Crippen MR) is 97.2 cm³/mol. The Morgan fingerprint density at radius 1 is 1.27 bits per heavy atom. The molecule has 0 fully saturated rings. The fourth-order valence-corrected chi connectivity index (χ4v) is 2.25. The third kappa shape index (κ3) is 5.01. The lowest BCUT2D eigenvalue weighted by molar-refractivity contribution is -0.136. The highest BCUT2D eigenvalue weighted by molar-refractivity contribution is 6.39. The second-order valence-electron chi connectivity index (χ2n) is 6.39. The summed E-state index contributed by atoms with van der Waals surface area (Å²) in [5, 5.41) is 9.32. The first-order valence-corrected chi connectivity index (χ1v) is 8.56. The van der Waals surface area contributed by atoms with E-state index in [1.807, 2.05) is 20.8 Å². The molecule has 0 aliphatic rings. The maximum absolute atomic E-state index is 12.1. The molecule has 0 atom stereocenters. The average molecular weight is 360 g/mol. The molecule has 0 bridgehead atoms. The Bertz CT molecular complexity index is 852. The van der Waals surface area contributed by atoms with E-state index in [0.717, 1.165) is 6.42 Å². The average Bonchev–Trinajstić information content (AvgIpc) is 2.94. The maximum atomic E-state index is 12.1. The molecule has 0 aliphatic carbocycles. The number of nitrogens with one attached hydrogen (secondary N) is 3. The van der Waals surface area contributed by atoms with Gasteiger partial charge in [-0.3, -0.25) is 19.4 Å². The number of H-pyrrole nitrogens is 1. The number of aryl methyl sites for hydroxylation is 2. The molecule has 0 spiro atoms. The molecular formula is C17H24N6O3. The number of amides is 2. The number of hydrogen-bond donors (Lipinski definition) is 3. The van der Waals surface area contributed by atoms with Crippen LogP contribution >= 0.6 is 0 Å². The van der Waals surface area contributed by atoms with Gasteiger partial charge in [0, 0.05) is 24.4 Å². The highest BCUT2D eigenvalue weighted by Gasteiger charge is 2.18. The van der Waals surface area contributed by atoms with Gasteiger partial charge in [-0.25, -0.2) is 4.98 Å². The third-order valence-electron chi connectivity index (χ3n) is 3.63. The van der Waals surface area contributed by atoms with Crippen LogP contribution in [0.25, 0.3) is 5.95 Å². The molecule has 0 aliphatic heterocycles. The zero-order chi connectivity index (χ0) is 19.3. The fourth-order valence-electron chi connectivity index (χ4n) is 2.25. The van der Waals surface area contributed by atoms with Crippen molar-refractivity contribution >= 4 is 17.6 Å². The molecular weight excluding hydrogens is 336 g/mol. The quantitative estimate of drug-likeness (QED) is 0.662. The molecule has 0 radical (unpaired) electrons. The summed E-state index contributed by atoms with van der Waals surface area (Å²) < 4.78 is 1.30. The van der Waals surface area contributed by atoms with E-state index in [0.29, 0.717) is 30.3 Å². The lowest BCUT2D eigenvalue weighted by Crippen LogP contribution is -2.36. The van der Waals surface area contributed by atoms with Gasteiger partial charge in [-0.1, -0.05) is 20.8 Å². The topological polar surface area (TPSA) is 122 Å². The van der Waals surface area contributed by atoms with Gasteiger partial charge in [-0.05, 0) is 25.7 Å². The van der Waals surface area contributed by atoms with Crippen molar-refractivity contribution in [2.45, 2.75) is 40.5 Å². The van der Waals surface area contributed by atoms with Crippen LogP contribution in [0.5, 0.6) is 0 Å². The van der Waals surface area contributed by atoms with Gasteiger partial charge in [0.2, 0.25) is 5.95 Å². The number of carbonyl (C=O) groups excluding carboxylic acids is 2. The Balaban J connectivity index is 2.19. The summed E-state index contributed by atoms with van der Waals surface area (Å²) >= 11 is 0. The van der Waals surface area contributed by atoms with E-state index in [4.69, 9.17) is 0 Å². The molecule has 140 valence electrons. The summed E-state index contributed by atoms with van der Waals surface area (Å²) in [7, 11) is 0. The second kappa shape index (κ2) is 8.41. The molecule has 2 amide bonds. The summed E-state index contributed by atoms with van der Waals surface area (Å²) in [6, 6.07) is 3.00. The maximum Gasteiger partial charge on any atom is 0.314 e. The number of aromatic nitrogens is 4. The van der Waals surface area contributed by atoms with Crippen LogP contribution < -0.4 is 16.2 Å². The van der Waals surface area contributed by atoms with E-state index in [-0.39, 0.29) is 17.3 Å². The van der Waals surface area contributed by atoms with Gasteiger partial charge >= 0.3 is 11.8 Å². The summed E-state index contributed by atoms with van der Waals surface area (Å²) in [5.74, 6) is -0.666. The molecule has 0 aromatic carbocycles. The summed E-state index contributed by atoms with van der Waals surface area (Å²) in [6.07, 6.45) is 1.36. The normalized spacial score (nSPS) is 10.8. The smallest absolute Gasteiger partial charge is 0.314 e. The number of hydrogen-bond acceptors (Lipinski definition) is 5. The Labute approximate surface area is 151 Å². The number of anilines is 1. The molecule has 2 rings (SSSR count). The second-order valence-corrected chi connectivity index (χ2v) is 6.39. The molecule has 0 unspecified atom stereocenters. The summed E-state index contributed by atoms with van der Waals surface area (Å²) in [4.78, 5) is 42.7. The lowest BCUT2D eigenvalue weighted by atomic mass is 10.1. The van der Waals surface area contributed by atoms with Crippen LogP contribution in [-0.2, 0) is 16.0 Å². The van der Waals surface area contributed by atoms with E-state index in [1.54, 1.807) is 13.0 Å². The Morgan fingerprint density at radius 2 is 2.00 bits per heavy atom. The Hall–Kier alpha value is -2.97. The SMILES string of the molecule is CCc1cc(=O)[nH]c(-n2nc(C)cc2NC(=O)C(=O)NCCC(C)C)n1. The number of carbonyl (C=O) groups is 2. The minimum atomic E-state index is -0.802.